The summed E-state index contributed by atoms with van der Waals surface area (Å²) < 4.78 is 10.5. The van der Waals surface area contributed by atoms with Gasteiger partial charge in [0.15, 0.2) is 11.5 Å². The maximum Gasteiger partial charge on any atom is 0.231 e. The molecule has 62 valence electrons. The lowest BCUT2D eigenvalue weighted by Crippen LogP contribution is -1.93. The number of ether oxygens (including phenoxy) is 2. The van der Waals surface area contributed by atoms with Crippen molar-refractivity contribution in [3.05, 3.63) is 29.8 Å². The van der Waals surface area contributed by atoms with Crippen molar-refractivity contribution in [2.24, 2.45) is 0 Å². The molecule has 1 aliphatic heterocycles. The molecule has 0 amide bonds. The smallest absolute Gasteiger partial charge is 0.231 e. The largest absolute Gasteiger partial charge is 0.454 e. The molecule has 0 spiro atoms. The molecule has 0 atom stereocenters. The summed E-state index contributed by atoms with van der Waals surface area (Å²) in [5.74, 6) is 1.64. The molecule has 0 aromatic heterocycles. The molecule has 0 aliphatic carbocycles. The molecule has 0 fully saturated rings. The fourth-order valence-electron chi connectivity index (χ4n) is 1.33. The van der Waals surface area contributed by atoms with Gasteiger partial charge in [-0.2, -0.15) is 0 Å². The average molecular weight is 162 g/mol. The van der Waals surface area contributed by atoms with E-state index in [9.17, 15) is 0 Å². The summed E-state index contributed by atoms with van der Waals surface area (Å²) in [7, 11) is 0. The summed E-state index contributed by atoms with van der Waals surface area (Å²) in [6.07, 6.45) is 1.78. The average Bonchev–Trinajstić information content (AvgIpc) is 2.50. The molecule has 0 saturated carbocycles. The first kappa shape index (κ1) is 7.22. The lowest BCUT2D eigenvalue weighted by molar-refractivity contribution is 0.173. The highest BCUT2D eigenvalue weighted by Crippen LogP contribution is 2.37. The summed E-state index contributed by atoms with van der Waals surface area (Å²) in [4.78, 5) is 0. The van der Waals surface area contributed by atoms with E-state index < -0.39 is 0 Å². The predicted octanol–water partition coefficient (Wildman–Crippen LogP) is 2.37. The molecule has 0 unspecified atom stereocenters. The van der Waals surface area contributed by atoms with Crippen LogP contribution in [0.1, 0.15) is 11.1 Å². The minimum absolute atomic E-state index is 0.319. The highest BCUT2D eigenvalue weighted by molar-refractivity contribution is 5.63. The molecule has 0 radical (unpaired) electrons. The number of hydrogen-bond acceptors (Lipinski definition) is 2. The van der Waals surface area contributed by atoms with Crippen molar-refractivity contribution in [3.63, 3.8) is 0 Å². The number of hydrogen-bond donors (Lipinski definition) is 0. The second-order valence-corrected chi connectivity index (χ2v) is 2.79. The molecule has 0 N–H and O–H groups in total. The molecule has 1 aliphatic rings. The van der Waals surface area contributed by atoms with Crippen molar-refractivity contribution in [1.29, 1.82) is 0 Å². The summed E-state index contributed by atoms with van der Waals surface area (Å²) in [6, 6.07) is 4.00. The van der Waals surface area contributed by atoms with Gasteiger partial charge in [0.05, 0.1) is 0 Å². The van der Waals surface area contributed by atoms with Crippen LogP contribution in [-0.4, -0.2) is 6.79 Å². The topological polar surface area (TPSA) is 18.5 Å². The SMILES string of the molecule is C=Cc1cc(C)cc2c1OCO2. The highest BCUT2D eigenvalue weighted by atomic mass is 16.7. The first-order valence-corrected chi connectivity index (χ1v) is 3.84. The van der Waals surface area contributed by atoms with Crippen LogP contribution in [0.5, 0.6) is 11.5 Å². The van der Waals surface area contributed by atoms with E-state index in [0.717, 1.165) is 22.6 Å². The Morgan fingerprint density at radius 3 is 3.00 bits per heavy atom. The van der Waals surface area contributed by atoms with Crippen LogP contribution in [0.3, 0.4) is 0 Å². The van der Waals surface area contributed by atoms with E-state index in [2.05, 4.69) is 6.58 Å². The van der Waals surface area contributed by atoms with Gasteiger partial charge in [-0.1, -0.05) is 12.7 Å². The van der Waals surface area contributed by atoms with Crippen LogP contribution in [-0.2, 0) is 0 Å². The van der Waals surface area contributed by atoms with Gasteiger partial charge >= 0.3 is 0 Å². The van der Waals surface area contributed by atoms with Crippen molar-refractivity contribution in [2.45, 2.75) is 6.92 Å². The van der Waals surface area contributed by atoms with E-state index in [0.29, 0.717) is 6.79 Å². The Labute approximate surface area is 71.4 Å². The molecule has 12 heavy (non-hydrogen) atoms. The van der Waals surface area contributed by atoms with Crippen LogP contribution < -0.4 is 9.47 Å². The fraction of sp³-hybridized carbons (Fsp3) is 0.200. The molecule has 1 heterocycles. The molecule has 1 aromatic carbocycles. The van der Waals surface area contributed by atoms with Gasteiger partial charge < -0.3 is 9.47 Å². The van der Waals surface area contributed by atoms with E-state index in [4.69, 9.17) is 9.47 Å². The monoisotopic (exact) mass is 162 g/mol. The minimum Gasteiger partial charge on any atom is -0.454 e. The highest BCUT2D eigenvalue weighted by Gasteiger charge is 2.16. The van der Waals surface area contributed by atoms with Crippen molar-refractivity contribution >= 4 is 6.08 Å². The maximum atomic E-state index is 5.28. The fourth-order valence-corrected chi connectivity index (χ4v) is 1.33. The first-order chi connectivity index (χ1) is 5.81. The van der Waals surface area contributed by atoms with Gasteiger partial charge in [-0.3, -0.25) is 0 Å². The third-order valence-electron chi connectivity index (χ3n) is 1.87. The van der Waals surface area contributed by atoms with Crippen LogP contribution in [0.2, 0.25) is 0 Å². The molecule has 1 aromatic rings. The van der Waals surface area contributed by atoms with Gasteiger partial charge in [-0.15, -0.1) is 0 Å². The van der Waals surface area contributed by atoms with Crippen LogP contribution in [0.25, 0.3) is 6.08 Å². The van der Waals surface area contributed by atoms with Gasteiger partial charge in [0.2, 0.25) is 6.79 Å². The number of benzene rings is 1. The molecule has 0 saturated heterocycles. The summed E-state index contributed by atoms with van der Waals surface area (Å²) in [5, 5.41) is 0. The zero-order valence-corrected chi connectivity index (χ0v) is 6.96. The Hall–Kier alpha value is -1.44. The van der Waals surface area contributed by atoms with Gasteiger partial charge in [0.1, 0.15) is 0 Å². The molecule has 0 bridgehead atoms. The number of rotatable bonds is 1. The van der Waals surface area contributed by atoms with Crippen molar-refractivity contribution in [2.75, 3.05) is 6.79 Å². The zero-order valence-electron chi connectivity index (χ0n) is 6.96. The van der Waals surface area contributed by atoms with Crippen LogP contribution in [0.4, 0.5) is 0 Å². The minimum atomic E-state index is 0.319. The van der Waals surface area contributed by atoms with E-state index in [1.807, 2.05) is 19.1 Å². The van der Waals surface area contributed by atoms with Crippen molar-refractivity contribution < 1.29 is 9.47 Å². The second kappa shape index (κ2) is 2.55. The number of aryl methyl sites for hydroxylation is 1. The molecule has 2 rings (SSSR count). The number of fused-ring (bicyclic) bond motifs is 1. The normalized spacial score (nSPS) is 13.1. The Kier molecular flexibility index (Phi) is 1.54. The van der Waals surface area contributed by atoms with Gasteiger partial charge in [-0.25, -0.2) is 0 Å². The molecule has 2 nitrogen and oxygen atoms in total. The second-order valence-electron chi connectivity index (χ2n) is 2.79. The van der Waals surface area contributed by atoms with Crippen molar-refractivity contribution in [1.82, 2.24) is 0 Å². The lowest BCUT2D eigenvalue weighted by Gasteiger charge is -2.01. The van der Waals surface area contributed by atoms with Gasteiger partial charge in [0, 0.05) is 5.56 Å². The Balaban J connectivity index is 2.62. The molecular formula is C10H10O2. The van der Waals surface area contributed by atoms with E-state index in [-0.39, 0.29) is 0 Å². The quantitative estimate of drug-likeness (QED) is 0.631. The Morgan fingerprint density at radius 2 is 2.25 bits per heavy atom. The zero-order chi connectivity index (χ0) is 8.55. The molecule has 2 heteroatoms. The van der Waals surface area contributed by atoms with E-state index >= 15 is 0 Å². The predicted molar refractivity (Wildman–Crippen MR) is 47.4 cm³/mol. The Bertz CT molecular complexity index is 329. The van der Waals surface area contributed by atoms with Crippen molar-refractivity contribution in [3.8, 4) is 11.5 Å². The molecular weight excluding hydrogens is 152 g/mol. The van der Waals surface area contributed by atoms with Gasteiger partial charge in [0.25, 0.3) is 0 Å². The van der Waals surface area contributed by atoms with E-state index in [1.54, 1.807) is 6.08 Å². The standard InChI is InChI=1S/C10H10O2/c1-3-8-4-7(2)5-9-10(8)12-6-11-9/h3-5H,1,6H2,2H3. The third-order valence-corrected chi connectivity index (χ3v) is 1.87. The first-order valence-electron chi connectivity index (χ1n) is 3.84. The summed E-state index contributed by atoms with van der Waals surface area (Å²) in [5.41, 5.74) is 2.16. The van der Waals surface area contributed by atoms with Gasteiger partial charge in [-0.05, 0) is 24.6 Å². The van der Waals surface area contributed by atoms with Crippen LogP contribution in [0, 0.1) is 6.92 Å². The summed E-state index contributed by atoms with van der Waals surface area (Å²) >= 11 is 0. The van der Waals surface area contributed by atoms with E-state index in [1.165, 1.54) is 0 Å². The third kappa shape index (κ3) is 0.961. The lowest BCUT2D eigenvalue weighted by atomic mass is 10.1. The van der Waals surface area contributed by atoms with Crippen LogP contribution in [0.15, 0.2) is 18.7 Å². The Morgan fingerprint density at radius 1 is 1.42 bits per heavy atom. The van der Waals surface area contributed by atoms with Crippen LogP contribution >= 0.6 is 0 Å². The maximum absolute atomic E-state index is 5.28. The summed E-state index contributed by atoms with van der Waals surface area (Å²) in [6.45, 7) is 6.06.